The van der Waals surface area contributed by atoms with E-state index in [2.05, 4.69) is 25.0 Å². The number of hydrogen-bond donors (Lipinski definition) is 0. The van der Waals surface area contributed by atoms with Crippen LogP contribution in [-0.2, 0) is 17.8 Å². The molecular formula is C19H24N6O3. The molecule has 1 amide bonds. The van der Waals surface area contributed by atoms with Crippen molar-refractivity contribution in [3.05, 3.63) is 30.0 Å². The van der Waals surface area contributed by atoms with Gasteiger partial charge in [-0.05, 0) is 30.9 Å². The van der Waals surface area contributed by atoms with Gasteiger partial charge < -0.3 is 18.7 Å². The van der Waals surface area contributed by atoms with Gasteiger partial charge in [-0.25, -0.2) is 4.98 Å². The first kappa shape index (κ1) is 18.4. The third-order valence-electron chi connectivity index (χ3n) is 5.02. The maximum Gasteiger partial charge on any atom is 0.299 e. The summed E-state index contributed by atoms with van der Waals surface area (Å²) in [5, 5.41) is 3.91. The SMILES string of the molecule is CCc1nc(CN(C)C(=O)CC2CCCN(c3nc4ncccc4o3)C2)no1. The quantitative estimate of drug-likeness (QED) is 0.639. The molecule has 0 bridgehead atoms. The Morgan fingerprint density at radius 3 is 3.07 bits per heavy atom. The van der Waals surface area contributed by atoms with Crippen LogP contribution >= 0.6 is 0 Å². The topological polar surface area (TPSA) is 101 Å². The maximum atomic E-state index is 12.6. The van der Waals surface area contributed by atoms with Gasteiger partial charge >= 0.3 is 0 Å². The van der Waals surface area contributed by atoms with E-state index in [1.165, 1.54) is 0 Å². The number of rotatable bonds is 6. The van der Waals surface area contributed by atoms with Crippen molar-refractivity contribution in [1.29, 1.82) is 0 Å². The lowest BCUT2D eigenvalue weighted by atomic mass is 9.94. The van der Waals surface area contributed by atoms with Crippen molar-refractivity contribution in [2.24, 2.45) is 5.92 Å². The molecule has 9 nitrogen and oxygen atoms in total. The summed E-state index contributed by atoms with van der Waals surface area (Å²) >= 11 is 0. The highest BCUT2D eigenvalue weighted by Gasteiger charge is 2.26. The van der Waals surface area contributed by atoms with Gasteiger partial charge in [0.25, 0.3) is 6.01 Å². The Hall–Kier alpha value is -2.97. The predicted molar refractivity (Wildman–Crippen MR) is 102 cm³/mol. The number of carbonyl (C=O) groups is 1. The van der Waals surface area contributed by atoms with Crippen molar-refractivity contribution < 1.29 is 13.7 Å². The number of carbonyl (C=O) groups excluding carboxylic acids is 1. The number of oxazole rings is 1. The minimum absolute atomic E-state index is 0.0777. The van der Waals surface area contributed by atoms with Gasteiger partial charge in [0.2, 0.25) is 17.4 Å². The molecule has 1 saturated heterocycles. The summed E-state index contributed by atoms with van der Waals surface area (Å²) in [6.07, 6.45) is 4.88. The third kappa shape index (κ3) is 3.97. The number of nitrogens with zero attached hydrogens (tertiary/aromatic N) is 6. The summed E-state index contributed by atoms with van der Waals surface area (Å²) in [5.74, 6) is 1.46. The minimum atomic E-state index is 0.0777. The third-order valence-corrected chi connectivity index (χ3v) is 5.02. The van der Waals surface area contributed by atoms with Gasteiger partial charge in [0.05, 0.1) is 6.54 Å². The van der Waals surface area contributed by atoms with Crippen LogP contribution in [0.1, 0.15) is 37.9 Å². The van der Waals surface area contributed by atoms with Crippen LogP contribution in [0.15, 0.2) is 27.3 Å². The van der Waals surface area contributed by atoms with E-state index in [-0.39, 0.29) is 11.8 Å². The van der Waals surface area contributed by atoms with Crippen molar-refractivity contribution in [2.45, 2.75) is 39.2 Å². The van der Waals surface area contributed by atoms with Gasteiger partial charge in [-0.3, -0.25) is 4.79 Å². The van der Waals surface area contributed by atoms with Crippen LogP contribution in [0.25, 0.3) is 11.2 Å². The molecule has 0 N–H and O–H groups in total. The van der Waals surface area contributed by atoms with E-state index in [1.807, 2.05) is 19.1 Å². The Labute approximate surface area is 162 Å². The van der Waals surface area contributed by atoms with Crippen molar-refractivity contribution >= 4 is 23.2 Å². The maximum absolute atomic E-state index is 12.6. The fourth-order valence-corrected chi connectivity index (χ4v) is 3.50. The fraction of sp³-hybridized carbons (Fsp3) is 0.526. The van der Waals surface area contributed by atoms with Crippen LogP contribution in [0.5, 0.6) is 0 Å². The van der Waals surface area contributed by atoms with Crippen LogP contribution in [-0.4, -0.2) is 51.1 Å². The Bertz CT molecular complexity index is 919. The lowest BCUT2D eigenvalue weighted by Crippen LogP contribution is -2.38. The zero-order valence-corrected chi connectivity index (χ0v) is 16.2. The smallest absolute Gasteiger partial charge is 0.299 e. The second kappa shape index (κ2) is 7.95. The predicted octanol–water partition coefficient (Wildman–Crippen LogP) is 2.43. The molecule has 1 aliphatic rings. The Morgan fingerprint density at radius 2 is 2.29 bits per heavy atom. The molecule has 3 aromatic rings. The number of piperidine rings is 1. The molecule has 148 valence electrons. The first-order chi connectivity index (χ1) is 13.6. The molecule has 0 aromatic carbocycles. The van der Waals surface area contributed by atoms with Crippen molar-refractivity contribution in [1.82, 2.24) is 25.0 Å². The summed E-state index contributed by atoms with van der Waals surface area (Å²) < 4.78 is 10.9. The van der Waals surface area contributed by atoms with Crippen LogP contribution in [0.2, 0.25) is 0 Å². The normalized spacial score (nSPS) is 17.2. The van der Waals surface area contributed by atoms with Gasteiger partial charge in [0.15, 0.2) is 11.4 Å². The van der Waals surface area contributed by atoms with E-state index in [1.54, 1.807) is 18.1 Å². The number of anilines is 1. The highest BCUT2D eigenvalue weighted by atomic mass is 16.5. The lowest BCUT2D eigenvalue weighted by Gasteiger charge is -2.32. The largest absolute Gasteiger partial charge is 0.422 e. The summed E-state index contributed by atoms with van der Waals surface area (Å²) in [4.78, 5) is 29.4. The number of aromatic nitrogens is 4. The average molecular weight is 384 g/mol. The van der Waals surface area contributed by atoms with Gasteiger partial charge in [-0.2, -0.15) is 9.97 Å². The van der Waals surface area contributed by atoms with Crippen LogP contribution in [0, 0.1) is 5.92 Å². The van der Waals surface area contributed by atoms with E-state index in [4.69, 9.17) is 8.94 Å². The molecular weight excluding hydrogens is 360 g/mol. The molecule has 4 rings (SSSR count). The second-order valence-corrected chi connectivity index (χ2v) is 7.19. The van der Waals surface area contributed by atoms with Crippen molar-refractivity contribution in [3.8, 4) is 0 Å². The number of aryl methyl sites for hydroxylation is 1. The first-order valence-electron chi connectivity index (χ1n) is 9.64. The van der Waals surface area contributed by atoms with E-state index in [0.717, 1.165) is 25.9 Å². The Kier molecular flexibility index (Phi) is 5.23. The van der Waals surface area contributed by atoms with Crippen LogP contribution in [0.4, 0.5) is 6.01 Å². The monoisotopic (exact) mass is 384 g/mol. The number of hydrogen-bond acceptors (Lipinski definition) is 8. The van der Waals surface area contributed by atoms with Gasteiger partial charge in [0, 0.05) is 39.2 Å². The fourth-order valence-electron chi connectivity index (χ4n) is 3.50. The second-order valence-electron chi connectivity index (χ2n) is 7.19. The van der Waals surface area contributed by atoms with Crippen molar-refractivity contribution in [3.63, 3.8) is 0 Å². The number of amides is 1. The molecule has 4 heterocycles. The van der Waals surface area contributed by atoms with Crippen molar-refractivity contribution in [2.75, 3.05) is 25.0 Å². The van der Waals surface area contributed by atoms with E-state index in [9.17, 15) is 4.79 Å². The molecule has 3 aromatic heterocycles. The van der Waals surface area contributed by atoms with Gasteiger partial charge in [-0.15, -0.1) is 0 Å². The Morgan fingerprint density at radius 1 is 1.39 bits per heavy atom. The standard InChI is InChI=1S/C19H24N6O3/c1-3-16-21-15(23-28-16)12-24(2)17(26)10-13-6-5-9-25(11-13)19-22-18-14(27-19)7-4-8-20-18/h4,7-8,13H,3,5-6,9-12H2,1-2H3. The van der Waals surface area contributed by atoms with Gasteiger partial charge in [-0.1, -0.05) is 12.1 Å². The summed E-state index contributed by atoms with van der Waals surface area (Å²) in [7, 11) is 1.78. The molecule has 1 aliphatic heterocycles. The zero-order valence-electron chi connectivity index (χ0n) is 16.2. The number of fused-ring (bicyclic) bond motifs is 1. The summed E-state index contributed by atoms with van der Waals surface area (Å²) in [5.41, 5.74) is 1.30. The number of pyridine rings is 1. The van der Waals surface area contributed by atoms with E-state index >= 15 is 0 Å². The molecule has 0 saturated carbocycles. The molecule has 0 aliphatic carbocycles. The highest BCUT2D eigenvalue weighted by molar-refractivity contribution is 5.76. The minimum Gasteiger partial charge on any atom is -0.422 e. The van der Waals surface area contributed by atoms with Crippen LogP contribution in [0.3, 0.4) is 0 Å². The van der Waals surface area contributed by atoms with Gasteiger partial charge in [0.1, 0.15) is 0 Å². The summed E-state index contributed by atoms with van der Waals surface area (Å²) in [6.45, 7) is 3.92. The molecule has 9 heteroatoms. The lowest BCUT2D eigenvalue weighted by molar-refractivity contribution is -0.131. The van der Waals surface area contributed by atoms with E-state index in [0.29, 0.717) is 48.3 Å². The zero-order chi connectivity index (χ0) is 19.5. The van der Waals surface area contributed by atoms with Crippen LogP contribution < -0.4 is 4.90 Å². The molecule has 0 radical (unpaired) electrons. The highest BCUT2D eigenvalue weighted by Crippen LogP contribution is 2.27. The molecule has 1 atom stereocenters. The Balaban J connectivity index is 1.35. The average Bonchev–Trinajstić information content (AvgIpc) is 3.34. The first-order valence-corrected chi connectivity index (χ1v) is 9.64. The molecule has 1 fully saturated rings. The molecule has 28 heavy (non-hydrogen) atoms. The molecule has 0 spiro atoms. The summed E-state index contributed by atoms with van der Waals surface area (Å²) in [6, 6.07) is 4.27. The van der Waals surface area contributed by atoms with E-state index < -0.39 is 0 Å². The molecule has 1 unspecified atom stereocenters.